The lowest BCUT2D eigenvalue weighted by molar-refractivity contribution is 0.0485. The van der Waals surface area contributed by atoms with Gasteiger partial charge in [0.1, 0.15) is 0 Å². The molecule has 0 bridgehead atoms. The van der Waals surface area contributed by atoms with Gasteiger partial charge in [0.15, 0.2) is 0 Å². The normalized spacial score (nSPS) is 25.6. The van der Waals surface area contributed by atoms with Crippen molar-refractivity contribution in [2.75, 3.05) is 7.11 Å². The Balaban J connectivity index is 2.07. The molecule has 0 atom stereocenters. The van der Waals surface area contributed by atoms with Crippen LogP contribution in [0.5, 0.6) is 0 Å². The molecule has 1 N–H and O–H groups in total. The highest BCUT2D eigenvalue weighted by Gasteiger charge is 2.28. The van der Waals surface area contributed by atoms with E-state index in [9.17, 15) is 4.79 Å². The lowest BCUT2D eigenvalue weighted by Gasteiger charge is -2.32. The Kier molecular flexibility index (Phi) is 2.29. The van der Waals surface area contributed by atoms with E-state index >= 15 is 0 Å². The topological polar surface area (TPSA) is 51.5 Å². The molecular formula is C10H13NO3. The number of carbonyl (C=O) groups excluding carboxylic acids is 1. The number of aliphatic hydroxyl groups excluding tert-OH is 1. The maximum absolute atomic E-state index is 11.1. The van der Waals surface area contributed by atoms with Crippen LogP contribution >= 0.6 is 0 Å². The Bertz CT molecular complexity index is 339. The van der Waals surface area contributed by atoms with E-state index in [1.165, 1.54) is 7.11 Å². The molecule has 0 radical (unpaired) electrons. The molecule has 1 fully saturated rings. The van der Waals surface area contributed by atoms with Crippen molar-refractivity contribution in [1.29, 1.82) is 0 Å². The number of aromatic nitrogens is 1. The average Bonchev–Trinajstić information content (AvgIpc) is 2.60. The van der Waals surface area contributed by atoms with Crippen LogP contribution in [0.1, 0.15) is 29.2 Å². The summed E-state index contributed by atoms with van der Waals surface area (Å²) in [7, 11) is 1.37. The predicted molar refractivity (Wildman–Crippen MR) is 50.0 cm³/mol. The third kappa shape index (κ3) is 1.53. The molecule has 0 amide bonds. The van der Waals surface area contributed by atoms with Gasteiger partial charge in [0.05, 0.1) is 18.8 Å². The van der Waals surface area contributed by atoms with Gasteiger partial charge in [-0.25, -0.2) is 4.79 Å². The Morgan fingerprint density at radius 1 is 1.64 bits per heavy atom. The summed E-state index contributed by atoms with van der Waals surface area (Å²) in [4.78, 5) is 11.1. The van der Waals surface area contributed by atoms with E-state index in [0.29, 0.717) is 11.6 Å². The number of methoxy groups -OCH3 is 1. The second kappa shape index (κ2) is 3.46. The van der Waals surface area contributed by atoms with Gasteiger partial charge < -0.3 is 14.4 Å². The molecule has 1 aromatic rings. The molecule has 2 rings (SSSR count). The minimum atomic E-state index is -0.316. The Morgan fingerprint density at radius 3 is 2.93 bits per heavy atom. The van der Waals surface area contributed by atoms with Crippen LogP contribution in [-0.4, -0.2) is 28.9 Å². The summed E-state index contributed by atoms with van der Waals surface area (Å²) in [5.41, 5.74) is 0.564. The van der Waals surface area contributed by atoms with Crippen LogP contribution in [0.25, 0.3) is 0 Å². The summed E-state index contributed by atoms with van der Waals surface area (Å²) in [6, 6.07) is 2.07. The smallest absolute Gasteiger partial charge is 0.339 e. The van der Waals surface area contributed by atoms with Gasteiger partial charge in [-0.2, -0.15) is 0 Å². The molecule has 1 saturated carbocycles. The van der Waals surface area contributed by atoms with Gasteiger partial charge >= 0.3 is 5.97 Å². The van der Waals surface area contributed by atoms with Crippen molar-refractivity contribution in [2.24, 2.45) is 0 Å². The number of ether oxygens (including phenoxy) is 1. The van der Waals surface area contributed by atoms with E-state index in [4.69, 9.17) is 5.11 Å². The van der Waals surface area contributed by atoms with E-state index in [2.05, 4.69) is 4.74 Å². The number of hydrogen-bond acceptors (Lipinski definition) is 3. The third-order valence-electron chi connectivity index (χ3n) is 2.65. The highest BCUT2D eigenvalue weighted by atomic mass is 16.5. The van der Waals surface area contributed by atoms with Gasteiger partial charge in [-0.3, -0.25) is 0 Å². The number of esters is 1. The first-order valence-corrected chi connectivity index (χ1v) is 4.64. The minimum Gasteiger partial charge on any atom is -0.465 e. The van der Waals surface area contributed by atoms with Crippen LogP contribution < -0.4 is 0 Å². The summed E-state index contributed by atoms with van der Waals surface area (Å²) in [6.45, 7) is 0. The summed E-state index contributed by atoms with van der Waals surface area (Å²) in [5.74, 6) is -0.316. The van der Waals surface area contributed by atoms with Crippen LogP contribution in [-0.2, 0) is 4.74 Å². The zero-order chi connectivity index (χ0) is 10.1. The molecule has 0 spiro atoms. The van der Waals surface area contributed by atoms with E-state index in [-0.39, 0.29) is 12.1 Å². The standard InChI is InChI=1S/C10H13NO3/c1-14-10(13)7-2-3-11(6-7)8-4-9(12)5-8/h2-3,6,8-9,12H,4-5H2,1H3/t8-,9+. The van der Waals surface area contributed by atoms with Crippen LogP contribution in [0.15, 0.2) is 18.5 Å². The Hall–Kier alpha value is -1.29. The molecule has 1 aromatic heterocycles. The van der Waals surface area contributed by atoms with Gasteiger partial charge in [-0.1, -0.05) is 0 Å². The highest BCUT2D eigenvalue weighted by molar-refractivity contribution is 5.89. The molecular weight excluding hydrogens is 182 g/mol. The fourth-order valence-electron chi connectivity index (χ4n) is 1.68. The molecule has 1 aliphatic rings. The molecule has 14 heavy (non-hydrogen) atoms. The molecule has 4 heteroatoms. The van der Waals surface area contributed by atoms with Crippen LogP contribution in [0.2, 0.25) is 0 Å². The molecule has 1 aliphatic carbocycles. The monoisotopic (exact) mass is 195 g/mol. The first-order valence-electron chi connectivity index (χ1n) is 4.64. The van der Waals surface area contributed by atoms with Gasteiger partial charge in [0, 0.05) is 18.4 Å². The Morgan fingerprint density at radius 2 is 2.36 bits per heavy atom. The van der Waals surface area contributed by atoms with Gasteiger partial charge in [-0.15, -0.1) is 0 Å². The highest BCUT2D eigenvalue weighted by Crippen LogP contribution is 2.32. The first kappa shape index (κ1) is 9.27. The molecule has 1 heterocycles. The zero-order valence-electron chi connectivity index (χ0n) is 8.01. The largest absolute Gasteiger partial charge is 0.465 e. The van der Waals surface area contributed by atoms with Crippen molar-refractivity contribution in [3.63, 3.8) is 0 Å². The summed E-state index contributed by atoms with van der Waals surface area (Å²) in [5, 5.41) is 9.14. The molecule has 0 saturated heterocycles. The number of aliphatic hydroxyl groups is 1. The van der Waals surface area contributed by atoms with Crippen molar-refractivity contribution >= 4 is 5.97 Å². The fraction of sp³-hybridized carbons (Fsp3) is 0.500. The van der Waals surface area contributed by atoms with Crippen LogP contribution in [0.4, 0.5) is 0 Å². The van der Waals surface area contributed by atoms with Gasteiger partial charge in [0.25, 0.3) is 0 Å². The van der Waals surface area contributed by atoms with Crippen LogP contribution in [0.3, 0.4) is 0 Å². The molecule has 4 nitrogen and oxygen atoms in total. The van der Waals surface area contributed by atoms with E-state index in [0.717, 1.165) is 12.8 Å². The third-order valence-corrected chi connectivity index (χ3v) is 2.65. The lowest BCUT2D eigenvalue weighted by atomic mass is 9.89. The molecule has 76 valence electrons. The zero-order valence-corrected chi connectivity index (χ0v) is 8.01. The number of nitrogens with zero attached hydrogens (tertiary/aromatic N) is 1. The number of carbonyl (C=O) groups is 1. The second-order valence-corrected chi connectivity index (χ2v) is 3.62. The summed E-state index contributed by atoms with van der Waals surface area (Å²) < 4.78 is 6.56. The van der Waals surface area contributed by atoms with Gasteiger partial charge in [0.2, 0.25) is 0 Å². The summed E-state index contributed by atoms with van der Waals surface area (Å²) >= 11 is 0. The van der Waals surface area contributed by atoms with Crippen molar-refractivity contribution in [3.05, 3.63) is 24.0 Å². The van der Waals surface area contributed by atoms with Gasteiger partial charge in [-0.05, 0) is 18.9 Å². The average molecular weight is 195 g/mol. The van der Waals surface area contributed by atoms with E-state index < -0.39 is 0 Å². The van der Waals surface area contributed by atoms with Crippen molar-refractivity contribution in [1.82, 2.24) is 4.57 Å². The maximum Gasteiger partial charge on any atom is 0.339 e. The quantitative estimate of drug-likeness (QED) is 0.715. The van der Waals surface area contributed by atoms with Crippen molar-refractivity contribution in [3.8, 4) is 0 Å². The van der Waals surface area contributed by atoms with E-state index in [1.807, 2.05) is 10.8 Å². The molecule has 0 aliphatic heterocycles. The minimum absolute atomic E-state index is 0.177. The van der Waals surface area contributed by atoms with Crippen LogP contribution in [0, 0.1) is 0 Å². The maximum atomic E-state index is 11.1. The van der Waals surface area contributed by atoms with E-state index in [1.54, 1.807) is 12.3 Å². The lowest BCUT2D eigenvalue weighted by Crippen LogP contribution is -2.30. The molecule has 0 unspecified atom stereocenters. The predicted octanol–water partition coefficient (Wildman–Crippen LogP) is 0.970. The first-order chi connectivity index (χ1) is 6.70. The Labute approximate surface area is 82.1 Å². The second-order valence-electron chi connectivity index (χ2n) is 3.62. The van der Waals surface area contributed by atoms with Crippen molar-refractivity contribution < 1.29 is 14.6 Å². The molecule has 0 aromatic carbocycles. The SMILES string of the molecule is COC(=O)c1ccn([C@H]2C[C@@H](O)C2)c1. The number of hydrogen-bond donors (Lipinski definition) is 1. The summed E-state index contributed by atoms with van der Waals surface area (Å²) in [6.07, 6.45) is 4.99. The fourth-order valence-corrected chi connectivity index (χ4v) is 1.68. The van der Waals surface area contributed by atoms with Crippen molar-refractivity contribution in [2.45, 2.75) is 25.0 Å². The number of rotatable bonds is 2.